The van der Waals surface area contributed by atoms with Crippen LogP contribution < -0.4 is 5.32 Å². The van der Waals surface area contributed by atoms with Crippen molar-refractivity contribution in [2.45, 2.75) is 18.2 Å². The van der Waals surface area contributed by atoms with Gasteiger partial charge in [0.2, 0.25) is 21.8 Å². The van der Waals surface area contributed by atoms with Crippen molar-refractivity contribution in [2.75, 3.05) is 52.9 Å². The Hall–Kier alpha value is -2.04. The van der Waals surface area contributed by atoms with Gasteiger partial charge in [-0.3, -0.25) is 14.5 Å². The van der Waals surface area contributed by atoms with Crippen LogP contribution in [0, 0.1) is 5.82 Å². The third-order valence-electron chi connectivity index (χ3n) is 4.50. The van der Waals surface area contributed by atoms with Crippen LogP contribution >= 0.6 is 0 Å². The van der Waals surface area contributed by atoms with Crippen molar-refractivity contribution in [1.29, 1.82) is 0 Å². The van der Waals surface area contributed by atoms with Crippen LogP contribution in [0.1, 0.15) is 13.3 Å². The van der Waals surface area contributed by atoms with E-state index in [-0.39, 0.29) is 42.9 Å². The zero-order chi connectivity index (χ0) is 20.7. The highest BCUT2D eigenvalue weighted by atomic mass is 32.2. The van der Waals surface area contributed by atoms with Crippen LogP contribution in [-0.2, 0) is 19.6 Å². The molecule has 0 aromatic heterocycles. The minimum absolute atomic E-state index is 0.00719. The first kappa shape index (κ1) is 22.3. The van der Waals surface area contributed by atoms with Crippen molar-refractivity contribution >= 4 is 21.8 Å². The Kier molecular flexibility index (Phi) is 7.90. The van der Waals surface area contributed by atoms with Gasteiger partial charge < -0.3 is 10.2 Å². The summed E-state index contributed by atoms with van der Waals surface area (Å²) in [6.07, 6.45) is 0.826. The summed E-state index contributed by atoms with van der Waals surface area (Å²) in [5, 5.41) is 2.72. The third kappa shape index (κ3) is 5.98. The Balaban J connectivity index is 1.85. The van der Waals surface area contributed by atoms with E-state index in [4.69, 9.17) is 0 Å². The van der Waals surface area contributed by atoms with Crippen LogP contribution in [0.4, 0.5) is 4.39 Å². The van der Waals surface area contributed by atoms with E-state index in [9.17, 15) is 22.4 Å². The number of carbonyl (C=O) groups is 2. The van der Waals surface area contributed by atoms with Gasteiger partial charge in [0, 0.05) is 39.8 Å². The maximum atomic E-state index is 13.3. The van der Waals surface area contributed by atoms with Crippen LogP contribution in [0.5, 0.6) is 0 Å². The van der Waals surface area contributed by atoms with Crippen molar-refractivity contribution in [3.8, 4) is 0 Å². The van der Waals surface area contributed by atoms with Gasteiger partial charge in [0.1, 0.15) is 5.82 Å². The van der Waals surface area contributed by atoms with E-state index < -0.39 is 15.8 Å². The molecule has 1 aromatic rings. The molecule has 0 unspecified atom stereocenters. The van der Waals surface area contributed by atoms with E-state index >= 15 is 0 Å². The fourth-order valence-electron chi connectivity index (χ4n) is 2.84. The van der Waals surface area contributed by atoms with E-state index in [1.54, 1.807) is 7.05 Å². The number of hydrogen-bond acceptors (Lipinski definition) is 5. The van der Waals surface area contributed by atoms with Crippen molar-refractivity contribution in [1.82, 2.24) is 19.4 Å². The van der Waals surface area contributed by atoms with Crippen molar-refractivity contribution < 1.29 is 22.4 Å². The van der Waals surface area contributed by atoms with Gasteiger partial charge in [-0.2, -0.15) is 4.31 Å². The minimum Gasteiger partial charge on any atom is -0.355 e. The highest BCUT2D eigenvalue weighted by Gasteiger charge is 2.29. The summed E-state index contributed by atoms with van der Waals surface area (Å²) in [5.41, 5.74) is 0. The molecule has 2 amide bonds. The number of sulfonamides is 1. The van der Waals surface area contributed by atoms with Crippen molar-refractivity contribution in [2.24, 2.45) is 0 Å². The maximum Gasteiger partial charge on any atom is 0.243 e. The molecule has 8 nitrogen and oxygen atoms in total. The predicted octanol–water partition coefficient (Wildman–Crippen LogP) is 0.117. The number of piperazine rings is 1. The molecule has 1 fully saturated rings. The van der Waals surface area contributed by atoms with Crippen molar-refractivity contribution in [3.63, 3.8) is 0 Å². The van der Waals surface area contributed by atoms with Crippen LogP contribution in [0.15, 0.2) is 29.2 Å². The molecule has 0 atom stereocenters. The molecule has 2 rings (SSSR count). The zero-order valence-electron chi connectivity index (χ0n) is 16.2. The molecule has 0 radical (unpaired) electrons. The van der Waals surface area contributed by atoms with Crippen LogP contribution in [0.25, 0.3) is 0 Å². The zero-order valence-corrected chi connectivity index (χ0v) is 17.0. The molecule has 0 spiro atoms. The number of amides is 2. The number of likely N-dealkylation sites (N-methyl/N-ethyl adjacent to an activating group) is 1. The highest BCUT2D eigenvalue weighted by molar-refractivity contribution is 7.89. The summed E-state index contributed by atoms with van der Waals surface area (Å²) >= 11 is 0. The average Bonchev–Trinajstić information content (AvgIpc) is 2.66. The molecular formula is C18H27FN4O4S. The van der Waals surface area contributed by atoms with Gasteiger partial charge in [0.25, 0.3) is 0 Å². The number of benzene rings is 1. The topological polar surface area (TPSA) is 90.0 Å². The number of halogens is 1. The number of nitrogens with one attached hydrogen (secondary N) is 1. The quantitative estimate of drug-likeness (QED) is 0.653. The van der Waals surface area contributed by atoms with Gasteiger partial charge in [-0.1, -0.05) is 13.0 Å². The summed E-state index contributed by atoms with van der Waals surface area (Å²) in [6.45, 7) is 3.83. The van der Waals surface area contributed by atoms with Gasteiger partial charge in [-0.15, -0.1) is 0 Å². The van der Waals surface area contributed by atoms with E-state index in [0.717, 1.165) is 12.5 Å². The summed E-state index contributed by atoms with van der Waals surface area (Å²) in [7, 11) is -2.19. The predicted molar refractivity (Wildman–Crippen MR) is 103 cm³/mol. The Morgan fingerprint density at radius 1 is 1.21 bits per heavy atom. The van der Waals surface area contributed by atoms with E-state index in [1.807, 2.05) is 11.8 Å². The summed E-state index contributed by atoms with van der Waals surface area (Å²) in [6, 6.07) is 4.93. The summed E-state index contributed by atoms with van der Waals surface area (Å²) in [4.78, 5) is 27.1. The Morgan fingerprint density at radius 2 is 1.89 bits per heavy atom. The maximum absolute atomic E-state index is 13.3. The number of hydrogen-bond donors (Lipinski definition) is 1. The first-order valence-corrected chi connectivity index (χ1v) is 10.7. The normalized spacial score (nSPS) is 16.0. The first-order chi connectivity index (χ1) is 13.2. The lowest BCUT2D eigenvalue weighted by Gasteiger charge is -2.34. The van der Waals surface area contributed by atoms with Gasteiger partial charge in [0.05, 0.1) is 18.0 Å². The van der Waals surface area contributed by atoms with E-state index in [1.165, 1.54) is 27.4 Å². The lowest BCUT2D eigenvalue weighted by Crippen LogP contribution is -2.51. The molecule has 1 aliphatic rings. The van der Waals surface area contributed by atoms with Crippen LogP contribution in [-0.4, -0.2) is 87.2 Å². The second-order valence-corrected chi connectivity index (χ2v) is 8.68. The van der Waals surface area contributed by atoms with Gasteiger partial charge in [-0.25, -0.2) is 12.8 Å². The monoisotopic (exact) mass is 414 g/mol. The van der Waals surface area contributed by atoms with Gasteiger partial charge >= 0.3 is 0 Å². The Labute approximate surface area is 165 Å². The number of rotatable bonds is 8. The molecule has 0 bridgehead atoms. The Bertz CT molecular complexity index is 795. The SMILES string of the molecule is CCCNC(=O)CN(C)C(=O)CN1CCN(S(=O)(=O)c2cccc(F)c2)CC1. The minimum atomic E-state index is -3.76. The highest BCUT2D eigenvalue weighted by Crippen LogP contribution is 2.18. The van der Waals surface area contributed by atoms with Crippen LogP contribution in [0.2, 0.25) is 0 Å². The molecule has 1 heterocycles. The molecule has 1 aliphatic heterocycles. The van der Waals surface area contributed by atoms with Gasteiger partial charge in [0.15, 0.2) is 0 Å². The fraction of sp³-hybridized carbons (Fsp3) is 0.556. The van der Waals surface area contributed by atoms with Gasteiger partial charge in [-0.05, 0) is 24.6 Å². The van der Waals surface area contributed by atoms with Crippen LogP contribution in [0.3, 0.4) is 0 Å². The second kappa shape index (κ2) is 9.94. The van der Waals surface area contributed by atoms with E-state index in [0.29, 0.717) is 19.6 Å². The molecule has 1 N–H and O–H groups in total. The third-order valence-corrected chi connectivity index (χ3v) is 6.40. The molecule has 156 valence electrons. The smallest absolute Gasteiger partial charge is 0.243 e. The largest absolute Gasteiger partial charge is 0.355 e. The lowest BCUT2D eigenvalue weighted by atomic mass is 10.3. The molecule has 0 aliphatic carbocycles. The first-order valence-electron chi connectivity index (χ1n) is 9.22. The molecule has 1 aromatic carbocycles. The standard InChI is InChI=1S/C18H27FN4O4S/c1-3-7-20-17(24)13-21(2)18(25)14-22-8-10-23(11-9-22)28(26,27)16-6-4-5-15(19)12-16/h4-6,12H,3,7-11,13-14H2,1-2H3,(H,20,24). The molecule has 10 heteroatoms. The fourth-order valence-corrected chi connectivity index (χ4v) is 4.29. The molecule has 0 saturated carbocycles. The lowest BCUT2D eigenvalue weighted by molar-refractivity contribution is -0.135. The average molecular weight is 415 g/mol. The summed E-state index contributed by atoms with van der Waals surface area (Å²) in [5.74, 6) is -1.01. The van der Waals surface area contributed by atoms with E-state index in [2.05, 4.69) is 5.32 Å². The molecule has 28 heavy (non-hydrogen) atoms. The second-order valence-electron chi connectivity index (χ2n) is 6.74. The number of carbonyl (C=O) groups excluding carboxylic acids is 2. The molecule has 1 saturated heterocycles. The molecular weight excluding hydrogens is 387 g/mol. The Morgan fingerprint density at radius 3 is 2.50 bits per heavy atom. The van der Waals surface area contributed by atoms with Crippen molar-refractivity contribution in [3.05, 3.63) is 30.1 Å². The summed E-state index contributed by atoms with van der Waals surface area (Å²) < 4.78 is 39.8. The number of nitrogens with zero attached hydrogens (tertiary/aromatic N) is 3.